The van der Waals surface area contributed by atoms with Crippen molar-refractivity contribution in [2.45, 2.75) is 33.2 Å². The number of hydrogen-bond acceptors (Lipinski definition) is 4. The van der Waals surface area contributed by atoms with Crippen LogP contribution in [0.3, 0.4) is 0 Å². The van der Waals surface area contributed by atoms with Gasteiger partial charge in [0.2, 0.25) is 0 Å². The Morgan fingerprint density at radius 3 is 2.83 bits per heavy atom. The minimum absolute atomic E-state index is 0.161. The van der Waals surface area contributed by atoms with Gasteiger partial charge in [-0.2, -0.15) is 0 Å². The van der Waals surface area contributed by atoms with Crippen LogP contribution in [0.2, 0.25) is 0 Å². The van der Waals surface area contributed by atoms with E-state index in [0.717, 1.165) is 6.42 Å². The van der Waals surface area contributed by atoms with Gasteiger partial charge in [0.1, 0.15) is 6.61 Å². The molecule has 1 atom stereocenters. The van der Waals surface area contributed by atoms with Crippen LogP contribution in [0.1, 0.15) is 26.7 Å². The van der Waals surface area contributed by atoms with Gasteiger partial charge in [0.25, 0.3) is 0 Å². The number of nitrogens with two attached hydrogens (primary N) is 1. The molecule has 2 N–H and O–H groups in total. The zero-order valence-corrected chi connectivity index (χ0v) is 11.2. The van der Waals surface area contributed by atoms with E-state index in [4.69, 9.17) is 10.5 Å². The summed E-state index contributed by atoms with van der Waals surface area (Å²) in [5.74, 6) is 0.620. The number of nitrogens with zero attached hydrogens (tertiary/aromatic N) is 2. The second-order valence-electron chi connectivity index (χ2n) is 4.96. The molecule has 1 aromatic heterocycles. The molecule has 0 aliphatic heterocycles. The molecule has 1 rings (SSSR count). The van der Waals surface area contributed by atoms with Crippen LogP contribution in [-0.4, -0.2) is 28.7 Å². The number of imidazole rings is 1. The summed E-state index contributed by atoms with van der Waals surface area (Å²) in [6, 6.07) is 0. The molecule has 0 spiro atoms. The summed E-state index contributed by atoms with van der Waals surface area (Å²) >= 11 is 0. The molecular weight excluding hydrogens is 230 g/mol. The molecule has 102 valence electrons. The third-order valence-electron chi connectivity index (χ3n) is 2.77. The summed E-state index contributed by atoms with van der Waals surface area (Å²) in [6.45, 7) is 5.83. The Morgan fingerprint density at radius 1 is 1.50 bits per heavy atom. The Bertz CT molecular complexity index is 336. The Hall–Kier alpha value is -1.36. The maximum Gasteiger partial charge on any atom is 0.306 e. The van der Waals surface area contributed by atoms with Gasteiger partial charge in [-0.15, -0.1) is 0 Å². The Labute approximate surface area is 108 Å². The lowest BCUT2D eigenvalue weighted by Crippen LogP contribution is -2.22. The summed E-state index contributed by atoms with van der Waals surface area (Å²) in [7, 11) is 0. The molecule has 0 aliphatic carbocycles. The van der Waals surface area contributed by atoms with Gasteiger partial charge in [-0.05, 0) is 24.8 Å². The molecule has 5 heteroatoms. The smallest absolute Gasteiger partial charge is 0.306 e. The zero-order chi connectivity index (χ0) is 13.4. The molecular formula is C13H23N3O2. The van der Waals surface area contributed by atoms with E-state index in [9.17, 15) is 4.79 Å². The monoisotopic (exact) mass is 253 g/mol. The van der Waals surface area contributed by atoms with E-state index in [2.05, 4.69) is 18.8 Å². The SMILES string of the molecule is CC(C)C[C@H](CN)CC(=O)OCCn1ccnc1. The summed E-state index contributed by atoms with van der Waals surface area (Å²) in [5.41, 5.74) is 5.66. The molecule has 0 aromatic carbocycles. The number of carbonyl (C=O) groups is 1. The van der Waals surface area contributed by atoms with Crippen LogP contribution in [0.5, 0.6) is 0 Å². The lowest BCUT2D eigenvalue weighted by molar-refractivity contribution is -0.145. The predicted octanol–water partition coefficient (Wildman–Crippen LogP) is 1.44. The molecule has 1 aromatic rings. The van der Waals surface area contributed by atoms with Crippen molar-refractivity contribution in [3.8, 4) is 0 Å². The minimum Gasteiger partial charge on any atom is -0.464 e. The highest BCUT2D eigenvalue weighted by Crippen LogP contribution is 2.14. The summed E-state index contributed by atoms with van der Waals surface area (Å²) in [4.78, 5) is 15.5. The van der Waals surface area contributed by atoms with E-state index in [0.29, 0.717) is 32.0 Å². The van der Waals surface area contributed by atoms with Crippen LogP contribution < -0.4 is 5.73 Å². The molecule has 0 saturated heterocycles. The second-order valence-corrected chi connectivity index (χ2v) is 4.96. The lowest BCUT2D eigenvalue weighted by atomic mass is 9.94. The second kappa shape index (κ2) is 7.87. The molecule has 0 fully saturated rings. The van der Waals surface area contributed by atoms with Crippen molar-refractivity contribution in [1.82, 2.24) is 9.55 Å². The van der Waals surface area contributed by atoms with Crippen molar-refractivity contribution < 1.29 is 9.53 Å². The van der Waals surface area contributed by atoms with Crippen molar-refractivity contribution in [3.63, 3.8) is 0 Å². The number of rotatable bonds is 8. The molecule has 0 radical (unpaired) electrons. The fourth-order valence-corrected chi connectivity index (χ4v) is 1.91. The first-order valence-electron chi connectivity index (χ1n) is 6.43. The first-order valence-corrected chi connectivity index (χ1v) is 6.43. The molecule has 18 heavy (non-hydrogen) atoms. The average Bonchev–Trinajstić information content (AvgIpc) is 2.80. The average molecular weight is 253 g/mol. The van der Waals surface area contributed by atoms with E-state index in [1.165, 1.54) is 0 Å². The van der Waals surface area contributed by atoms with Gasteiger partial charge >= 0.3 is 5.97 Å². The summed E-state index contributed by atoms with van der Waals surface area (Å²) in [5, 5.41) is 0. The third kappa shape index (κ3) is 5.82. The molecule has 0 unspecified atom stereocenters. The first-order chi connectivity index (χ1) is 8.61. The molecule has 5 nitrogen and oxygen atoms in total. The summed E-state index contributed by atoms with van der Waals surface area (Å²) < 4.78 is 7.06. The topological polar surface area (TPSA) is 70.1 Å². The number of ether oxygens (including phenoxy) is 1. The normalized spacial score (nSPS) is 12.7. The van der Waals surface area contributed by atoms with Crippen LogP contribution in [-0.2, 0) is 16.1 Å². The van der Waals surface area contributed by atoms with Gasteiger partial charge in [0.05, 0.1) is 12.9 Å². The van der Waals surface area contributed by atoms with E-state index in [1.54, 1.807) is 12.5 Å². The Balaban J connectivity index is 2.19. The van der Waals surface area contributed by atoms with E-state index < -0.39 is 0 Å². The third-order valence-corrected chi connectivity index (χ3v) is 2.77. The number of hydrogen-bond donors (Lipinski definition) is 1. The largest absolute Gasteiger partial charge is 0.464 e. The van der Waals surface area contributed by atoms with Gasteiger partial charge in [0, 0.05) is 18.8 Å². The van der Waals surface area contributed by atoms with Crippen molar-refractivity contribution >= 4 is 5.97 Å². The fourth-order valence-electron chi connectivity index (χ4n) is 1.91. The lowest BCUT2D eigenvalue weighted by Gasteiger charge is -2.16. The van der Waals surface area contributed by atoms with Crippen molar-refractivity contribution in [2.75, 3.05) is 13.2 Å². The number of aromatic nitrogens is 2. The minimum atomic E-state index is -0.161. The van der Waals surface area contributed by atoms with Gasteiger partial charge in [-0.3, -0.25) is 4.79 Å². The maximum absolute atomic E-state index is 11.6. The first kappa shape index (κ1) is 14.7. The van der Waals surface area contributed by atoms with Crippen molar-refractivity contribution in [3.05, 3.63) is 18.7 Å². The molecule has 0 saturated carbocycles. The molecule has 0 amide bonds. The Kier molecular flexibility index (Phi) is 6.43. The maximum atomic E-state index is 11.6. The predicted molar refractivity (Wildman–Crippen MR) is 69.8 cm³/mol. The zero-order valence-electron chi connectivity index (χ0n) is 11.2. The molecule has 1 heterocycles. The van der Waals surface area contributed by atoms with Crippen LogP contribution in [0.4, 0.5) is 0 Å². The van der Waals surface area contributed by atoms with Gasteiger partial charge in [-0.25, -0.2) is 4.98 Å². The highest BCUT2D eigenvalue weighted by molar-refractivity contribution is 5.69. The van der Waals surface area contributed by atoms with Gasteiger partial charge in [0.15, 0.2) is 0 Å². The van der Waals surface area contributed by atoms with E-state index in [-0.39, 0.29) is 11.9 Å². The number of carbonyl (C=O) groups excluding carboxylic acids is 1. The van der Waals surface area contributed by atoms with Crippen LogP contribution in [0.25, 0.3) is 0 Å². The van der Waals surface area contributed by atoms with E-state index in [1.807, 2.05) is 10.8 Å². The van der Waals surface area contributed by atoms with Crippen LogP contribution >= 0.6 is 0 Å². The van der Waals surface area contributed by atoms with Crippen molar-refractivity contribution in [2.24, 2.45) is 17.6 Å². The van der Waals surface area contributed by atoms with Gasteiger partial charge in [-0.1, -0.05) is 13.8 Å². The fraction of sp³-hybridized carbons (Fsp3) is 0.692. The highest BCUT2D eigenvalue weighted by Gasteiger charge is 2.14. The van der Waals surface area contributed by atoms with Gasteiger partial charge < -0.3 is 15.0 Å². The standard InChI is InChI=1S/C13H23N3O2/c1-11(2)7-12(9-14)8-13(17)18-6-5-16-4-3-15-10-16/h3-4,10-12H,5-9,14H2,1-2H3/t12-/m0/s1. The highest BCUT2D eigenvalue weighted by atomic mass is 16.5. The molecule has 0 bridgehead atoms. The van der Waals surface area contributed by atoms with E-state index >= 15 is 0 Å². The van der Waals surface area contributed by atoms with Crippen LogP contribution in [0.15, 0.2) is 18.7 Å². The summed E-state index contributed by atoms with van der Waals surface area (Å²) in [6.07, 6.45) is 6.63. The van der Waals surface area contributed by atoms with Crippen molar-refractivity contribution in [1.29, 1.82) is 0 Å². The molecule has 0 aliphatic rings. The Morgan fingerprint density at radius 2 is 2.28 bits per heavy atom. The van der Waals surface area contributed by atoms with Crippen LogP contribution in [0, 0.1) is 11.8 Å². The quantitative estimate of drug-likeness (QED) is 0.712. The number of esters is 1.